The number of aliphatic hydroxyl groups is 1. The van der Waals surface area contributed by atoms with E-state index in [0.717, 1.165) is 37.9 Å². The number of rotatable bonds is 8. The summed E-state index contributed by atoms with van der Waals surface area (Å²) in [5.74, 6) is 0.0239. The minimum Gasteiger partial charge on any atom is -0.512 e. The van der Waals surface area contributed by atoms with Gasteiger partial charge in [-0.3, -0.25) is 4.79 Å². The summed E-state index contributed by atoms with van der Waals surface area (Å²) in [6.07, 6.45) is 7.34. The number of benzene rings is 1. The Hall–Kier alpha value is -1.90. The van der Waals surface area contributed by atoms with Crippen molar-refractivity contribution in [2.24, 2.45) is 17.8 Å². The summed E-state index contributed by atoms with van der Waals surface area (Å²) in [7, 11) is 0. The fourth-order valence-corrected chi connectivity index (χ4v) is 5.04. The Balaban J connectivity index is 0.00000385. The van der Waals surface area contributed by atoms with Gasteiger partial charge in [0.1, 0.15) is 0 Å². The van der Waals surface area contributed by atoms with E-state index in [4.69, 9.17) is 0 Å². The quantitative estimate of drug-likeness (QED) is 0.246. The van der Waals surface area contributed by atoms with Crippen molar-refractivity contribution >= 4 is 37.4 Å². The molecule has 182 valence electrons. The smallest absolute Gasteiger partial charge is 0.350 e. The normalized spacial score (nSPS) is 22.8. The van der Waals surface area contributed by atoms with Gasteiger partial charge < -0.3 is 19.5 Å². The van der Waals surface area contributed by atoms with E-state index in [1.807, 2.05) is 36.4 Å². The van der Waals surface area contributed by atoms with Crippen molar-refractivity contribution in [3.05, 3.63) is 59.4 Å². The van der Waals surface area contributed by atoms with Crippen LogP contribution >= 0.6 is 25.5 Å². The predicted octanol–water partition coefficient (Wildman–Crippen LogP) is 4.36. The number of likely N-dealkylation sites (tertiary alicyclic amines) is 1. The van der Waals surface area contributed by atoms with E-state index in [2.05, 4.69) is 52.9 Å². The SMILES string of the molecule is C.CC1CN(CC(Cc2ccccc2)C(=O)NC(S)C(=O)OS)CCC1C1=CCCC(O)=C1. The summed E-state index contributed by atoms with van der Waals surface area (Å²) in [6, 6.07) is 9.87. The first-order valence-corrected chi connectivity index (χ1v) is 11.9. The van der Waals surface area contributed by atoms with Crippen LogP contribution in [-0.4, -0.2) is 46.9 Å². The summed E-state index contributed by atoms with van der Waals surface area (Å²) in [6.45, 7) is 4.57. The van der Waals surface area contributed by atoms with Gasteiger partial charge in [0.15, 0.2) is 5.37 Å². The van der Waals surface area contributed by atoms with Gasteiger partial charge in [-0.1, -0.05) is 50.8 Å². The molecule has 1 aromatic rings. The van der Waals surface area contributed by atoms with E-state index < -0.39 is 11.3 Å². The second-order valence-electron chi connectivity index (χ2n) is 8.72. The van der Waals surface area contributed by atoms with Crippen LogP contribution in [0.4, 0.5) is 0 Å². The highest BCUT2D eigenvalue weighted by molar-refractivity contribution is 7.82. The third kappa shape index (κ3) is 7.83. The molecular formula is C25H36N2O4S2. The van der Waals surface area contributed by atoms with Crippen LogP contribution < -0.4 is 5.32 Å². The van der Waals surface area contributed by atoms with E-state index in [0.29, 0.717) is 30.6 Å². The predicted molar refractivity (Wildman–Crippen MR) is 138 cm³/mol. The van der Waals surface area contributed by atoms with Crippen LogP contribution in [0.2, 0.25) is 0 Å². The van der Waals surface area contributed by atoms with E-state index in [1.165, 1.54) is 5.57 Å². The highest BCUT2D eigenvalue weighted by Crippen LogP contribution is 2.33. The molecule has 0 spiro atoms. The number of hydrogen-bond donors (Lipinski definition) is 4. The van der Waals surface area contributed by atoms with Crippen LogP contribution in [-0.2, 0) is 20.2 Å². The molecule has 1 fully saturated rings. The zero-order valence-electron chi connectivity index (χ0n) is 18.3. The molecule has 3 rings (SSSR count). The number of aliphatic hydroxyl groups excluding tert-OH is 1. The number of carbonyl (C=O) groups excluding carboxylic acids is 2. The van der Waals surface area contributed by atoms with Gasteiger partial charge in [-0.05, 0) is 54.9 Å². The average molecular weight is 493 g/mol. The maximum Gasteiger partial charge on any atom is 0.350 e. The first-order valence-electron chi connectivity index (χ1n) is 11.1. The van der Waals surface area contributed by atoms with Crippen molar-refractivity contribution in [2.45, 2.75) is 45.4 Å². The average Bonchev–Trinajstić information content (AvgIpc) is 2.78. The van der Waals surface area contributed by atoms with Gasteiger partial charge in [0.25, 0.3) is 0 Å². The lowest BCUT2D eigenvalue weighted by Crippen LogP contribution is -2.48. The third-order valence-electron chi connectivity index (χ3n) is 6.30. The molecule has 1 amide bonds. The number of amides is 1. The number of nitrogens with one attached hydrogen (secondary N) is 1. The minimum absolute atomic E-state index is 0. The Labute approximate surface area is 208 Å². The molecule has 1 heterocycles. The van der Waals surface area contributed by atoms with Crippen LogP contribution in [0.15, 0.2) is 53.8 Å². The van der Waals surface area contributed by atoms with Crippen LogP contribution in [0, 0.1) is 17.8 Å². The summed E-state index contributed by atoms with van der Waals surface area (Å²) in [4.78, 5) is 27.0. The van der Waals surface area contributed by atoms with Crippen molar-refractivity contribution in [3.8, 4) is 0 Å². The molecule has 0 aromatic heterocycles. The molecule has 4 unspecified atom stereocenters. The van der Waals surface area contributed by atoms with E-state index in [1.54, 1.807) is 0 Å². The molecule has 1 saturated heterocycles. The Morgan fingerprint density at radius 3 is 2.67 bits per heavy atom. The Morgan fingerprint density at radius 2 is 2.03 bits per heavy atom. The number of thiol groups is 2. The van der Waals surface area contributed by atoms with Crippen LogP contribution in [0.25, 0.3) is 0 Å². The zero-order chi connectivity index (χ0) is 23.1. The molecule has 0 bridgehead atoms. The molecule has 8 heteroatoms. The molecule has 2 aliphatic rings. The maximum atomic E-state index is 13.0. The van der Waals surface area contributed by atoms with Crippen LogP contribution in [0.5, 0.6) is 0 Å². The minimum atomic E-state index is -1.05. The number of piperidine rings is 1. The van der Waals surface area contributed by atoms with Crippen LogP contribution in [0.3, 0.4) is 0 Å². The highest BCUT2D eigenvalue weighted by Gasteiger charge is 2.32. The van der Waals surface area contributed by atoms with Crippen molar-refractivity contribution < 1.29 is 18.9 Å². The van der Waals surface area contributed by atoms with Crippen molar-refractivity contribution in [2.75, 3.05) is 19.6 Å². The fourth-order valence-electron chi connectivity index (χ4n) is 4.67. The maximum absolute atomic E-state index is 13.0. The first-order chi connectivity index (χ1) is 15.4. The standard InChI is InChI=1S/C24H32N2O4S2.CH4/c1-16-14-26(11-10-21(16)18-8-5-9-20(27)13-18)15-19(12-17-6-3-2-4-7-17)22(28)25-23(31)24(29)30-32;/h2-4,6-8,13,16,19,21,23,27,31-32H,5,9-12,14-15H2,1H3,(H,25,28);1H4. The second-order valence-corrected chi connectivity index (χ2v) is 9.42. The number of nitrogens with zero attached hydrogens (tertiary/aromatic N) is 1. The van der Waals surface area contributed by atoms with Gasteiger partial charge in [-0.15, -0.1) is 12.6 Å². The zero-order valence-corrected chi connectivity index (χ0v) is 20.1. The summed E-state index contributed by atoms with van der Waals surface area (Å²) >= 11 is 7.62. The number of carbonyl (C=O) groups is 2. The Kier molecular flexibility index (Phi) is 10.9. The fraction of sp³-hybridized carbons (Fsp3) is 0.520. The Bertz CT molecular complexity index is 859. The monoisotopic (exact) mass is 492 g/mol. The molecular weight excluding hydrogens is 456 g/mol. The Morgan fingerprint density at radius 1 is 1.30 bits per heavy atom. The van der Waals surface area contributed by atoms with Gasteiger partial charge >= 0.3 is 5.97 Å². The molecule has 6 nitrogen and oxygen atoms in total. The molecule has 1 aliphatic heterocycles. The summed E-state index contributed by atoms with van der Waals surface area (Å²) < 4.78 is 4.38. The van der Waals surface area contributed by atoms with Gasteiger partial charge in [0.2, 0.25) is 5.91 Å². The van der Waals surface area contributed by atoms with Crippen LogP contribution in [0.1, 0.15) is 39.2 Å². The molecule has 0 radical (unpaired) electrons. The molecule has 1 aliphatic carbocycles. The molecule has 0 saturated carbocycles. The second kappa shape index (κ2) is 13.1. The van der Waals surface area contributed by atoms with Crippen molar-refractivity contribution in [1.29, 1.82) is 0 Å². The number of hydrogen-bond acceptors (Lipinski definition) is 7. The van der Waals surface area contributed by atoms with Gasteiger partial charge in [0, 0.05) is 32.4 Å². The van der Waals surface area contributed by atoms with Gasteiger partial charge in [0.05, 0.1) is 11.7 Å². The topological polar surface area (TPSA) is 78.9 Å². The number of allylic oxidation sites excluding steroid dienone is 4. The third-order valence-corrected chi connectivity index (χ3v) is 6.82. The van der Waals surface area contributed by atoms with E-state index in [-0.39, 0.29) is 19.3 Å². The van der Waals surface area contributed by atoms with Gasteiger partial charge in [-0.2, -0.15) is 0 Å². The van der Waals surface area contributed by atoms with E-state index >= 15 is 0 Å². The van der Waals surface area contributed by atoms with E-state index in [9.17, 15) is 14.7 Å². The molecule has 2 N–H and O–H groups in total. The van der Waals surface area contributed by atoms with Crippen molar-refractivity contribution in [3.63, 3.8) is 0 Å². The summed E-state index contributed by atoms with van der Waals surface area (Å²) in [5, 5.41) is 11.5. The lowest BCUT2D eigenvalue weighted by atomic mass is 9.79. The lowest BCUT2D eigenvalue weighted by Gasteiger charge is -2.39. The molecule has 33 heavy (non-hydrogen) atoms. The lowest BCUT2D eigenvalue weighted by molar-refractivity contribution is -0.136. The van der Waals surface area contributed by atoms with Crippen molar-refractivity contribution in [1.82, 2.24) is 10.2 Å². The highest BCUT2D eigenvalue weighted by atomic mass is 32.1. The molecule has 4 atom stereocenters. The largest absolute Gasteiger partial charge is 0.512 e. The summed E-state index contributed by atoms with van der Waals surface area (Å²) in [5.41, 5.74) is 2.30. The first kappa shape index (κ1) is 27.3. The van der Waals surface area contributed by atoms with Gasteiger partial charge in [-0.25, -0.2) is 4.79 Å². The molecule has 1 aromatic carbocycles.